The second kappa shape index (κ2) is 10.0. The number of alkyl halides is 2. The first-order chi connectivity index (χ1) is 17.0. The number of hydrogen-bond donors (Lipinski definition) is 2. The Bertz CT molecular complexity index is 1350. The number of rotatable bonds is 7. The molecule has 0 radical (unpaired) electrons. The summed E-state index contributed by atoms with van der Waals surface area (Å²) in [5.41, 5.74) is 1.79. The molecular formula is C23H23F2N7O2S. The Labute approximate surface area is 203 Å². The normalized spacial score (nSPS) is 16.1. The van der Waals surface area contributed by atoms with Gasteiger partial charge in [0, 0.05) is 35.6 Å². The Balaban J connectivity index is 1.58. The smallest absolute Gasteiger partial charge is 0.387 e. The average molecular weight is 500 g/mol. The van der Waals surface area contributed by atoms with Crippen LogP contribution < -0.4 is 15.4 Å². The molecule has 0 spiro atoms. The fourth-order valence-corrected chi connectivity index (χ4v) is 4.57. The number of nitrogens with one attached hydrogen (secondary N) is 2. The molecule has 1 aliphatic heterocycles. The maximum atomic E-state index is 13.2. The standard InChI is InChI=1S/C23H23F2N7O2S/c1-35-15-5-6-19(34-23(24)25)16(10-15)20-18(13-32(30-20)14-4-2-7-26-11-14)29-22(33)17-12-28-31-9-3-8-27-21(17)31/h3,5-6,8-10,12-14,23,26H,2,4,7,11H2,1H3,(H,29,33)/t14-/m0/s1. The third kappa shape index (κ3) is 4.84. The van der Waals surface area contributed by atoms with Crippen molar-refractivity contribution >= 4 is 29.0 Å². The molecule has 182 valence electrons. The van der Waals surface area contributed by atoms with E-state index in [2.05, 4.69) is 20.7 Å². The molecule has 0 saturated carbocycles. The van der Waals surface area contributed by atoms with Gasteiger partial charge >= 0.3 is 6.61 Å². The summed E-state index contributed by atoms with van der Waals surface area (Å²) in [6.45, 7) is -1.35. The summed E-state index contributed by atoms with van der Waals surface area (Å²) in [6, 6.07) is 6.72. The van der Waals surface area contributed by atoms with Crippen molar-refractivity contribution in [2.45, 2.75) is 30.4 Å². The van der Waals surface area contributed by atoms with Gasteiger partial charge in [0.1, 0.15) is 17.0 Å². The van der Waals surface area contributed by atoms with E-state index < -0.39 is 12.5 Å². The van der Waals surface area contributed by atoms with E-state index in [4.69, 9.17) is 9.84 Å². The van der Waals surface area contributed by atoms with Crippen LogP contribution in [0, 0.1) is 0 Å². The second-order valence-electron chi connectivity index (χ2n) is 8.01. The highest BCUT2D eigenvalue weighted by atomic mass is 32.2. The van der Waals surface area contributed by atoms with Crippen molar-refractivity contribution in [3.8, 4) is 17.0 Å². The van der Waals surface area contributed by atoms with Crippen LogP contribution in [0.5, 0.6) is 5.75 Å². The monoisotopic (exact) mass is 499 g/mol. The number of piperidine rings is 1. The van der Waals surface area contributed by atoms with Crippen LogP contribution in [-0.2, 0) is 0 Å². The maximum absolute atomic E-state index is 13.2. The lowest BCUT2D eigenvalue weighted by Crippen LogP contribution is -2.31. The topological polar surface area (TPSA) is 98.4 Å². The van der Waals surface area contributed by atoms with Gasteiger partial charge in [-0.15, -0.1) is 11.8 Å². The number of thioether (sulfide) groups is 1. The first-order valence-electron chi connectivity index (χ1n) is 11.1. The minimum Gasteiger partial charge on any atom is -0.434 e. The molecule has 3 aromatic heterocycles. The molecule has 0 aliphatic carbocycles. The van der Waals surface area contributed by atoms with E-state index in [0.29, 0.717) is 22.6 Å². The fourth-order valence-electron chi connectivity index (χ4n) is 4.13. The largest absolute Gasteiger partial charge is 0.434 e. The number of hydrogen-bond acceptors (Lipinski definition) is 7. The Morgan fingerprint density at radius 2 is 2.26 bits per heavy atom. The Kier molecular flexibility index (Phi) is 6.64. The molecule has 12 heteroatoms. The Morgan fingerprint density at radius 1 is 1.37 bits per heavy atom. The van der Waals surface area contributed by atoms with Crippen LogP contribution in [-0.4, -0.2) is 56.2 Å². The molecule has 1 aliphatic rings. The van der Waals surface area contributed by atoms with Crippen LogP contribution in [0.2, 0.25) is 0 Å². The summed E-state index contributed by atoms with van der Waals surface area (Å²) in [5, 5.41) is 15.1. The van der Waals surface area contributed by atoms with Crippen LogP contribution >= 0.6 is 11.8 Å². The molecule has 1 fully saturated rings. The van der Waals surface area contributed by atoms with Gasteiger partial charge in [-0.3, -0.25) is 9.48 Å². The zero-order valence-electron chi connectivity index (χ0n) is 18.8. The maximum Gasteiger partial charge on any atom is 0.387 e. The average Bonchev–Trinajstić information content (AvgIpc) is 3.49. The molecule has 1 saturated heterocycles. The summed E-state index contributed by atoms with van der Waals surface area (Å²) in [5.74, 6) is -0.448. The number of amides is 1. The Morgan fingerprint density at radius 3 is 3.03 bits per heavy atom. The zero-order chi connectivity index (χ0) is 24.4. The SMILES string of the molecule is CSc1ccc(OC(F)F)c(-c2nn([C@H]3CCCNC3)cc2NC(=O)c2cnn3cccnc23)c1. The number of carbonyl (C=O) groups excluding carboxylic acids is 1. The van der Waals surface area contributed by atoms with Crippen molar-refractivity contribution in [3.63, 3.8) is 0 Å². The van der Waals surface area contributed by atoms with Crippen molar-refractivity contribution in [1.82, 2.24) is 29.7 Å². The minimum atomic E-state index is -3.00. The highest BCUT2D eigenvalue weighted by Gasteiger charge is 2.24. The third-order valence-electron chi connectivity index (χ3n) is 5.81. The minimum absolute atomic E-state index is 0.0158. The zero-order valence-corrected chi connectivity index (χ0v) is 19.6. The quantitative estimate of drug-likeness (QED) is 0.370. The summed E-state index contributed by atoms with van der Waals surface area (Å²) < 4.78 is 34.5. The van der Waals surface area contributed by atoms with E-state index in [-0.39, 0.29) is 17.4 Å². The molecule has 5 rings (SSSR count). The van der Waals surface area contributed by atoms with E-state index in [1.165, 1.54) is 28.5 Å². The molecule has 2 N–H and O–H groups in total. The number of anilines is 1. The molecule has 0 bridgehead atoms. The molecule has 1 aromatic carbocycles. The molecule has 4 aromatic rings. The first kappa shape index (κ1) is 23.2. The summed E-state index contributed by atoms with van der Waals surface area (Å²) >= 11 is 1.47. The highest BCUT2D eigenvalue weighted by molar-refractivity contribution is 7.98. The van der Waals surface area contributed by atoms with Crippen LogP contribution in [0.4, 0.5) is 14.5 Å². The lowest BCUT2D eigenvalue weighted by Gasteiger charge is -2.22. The summed E-state index contributed by atoms with van der Waals surface area (Å²) in [6.07, 6.45) is 10.2. The molecule has 9 nitrogen and oxygen atoms in total. The van der Waals surface area contributed by atoms with Gasteiger partial charge in [0.2, 0.25) is 0 Å². The van der Waals surface area contributed by atoms with E-state index in [1.54, 1.807) is 41.5 Å². The van der Waals surface area contributed by atoms with Gasteiger partial charge in [-0.05, 0) is 49.9 Å². The number of halogens is 2. The van der Waals surface area contributed by atoms with Gasteiger partial charge in [0.05, 0.1) is 17.9 Å². The predicted octanol–water partition coefficient (Wildman–Crippen LogP) is 4.09. The molecule has 35 heavy (non-hydrogen) atoms. The van der Waals surface area contributed by atoms with Crippen molar-refractivity contribution < 1.29 is 18.3 Å². The number of ether oxygens (including phenoxy) is 1. The molecule has 0 unspecified atom stereocenters. The molecular weight excluding hydrogens is 476 g/mol. The summed E-state index contributed by atoms with van der Waals surface area (Å²) in [7, 11) is 0. The van der Waals surface area contributed by atoms with Crippen molar-refractivity contribution in [1.29, 1.82) is 0 Å². The fraction of sp³-hybridized carbons (Fsp3) is 0.304. The van der Waals surface area contributed by atoms with E-state index in [1.807, 2.05) is 6.26 Å². The molecule has 1 amide bonds. The van der Waals surface area contributed by atoms with Gasteiger partial charge in [0.15, 0.2) is 5.65 Å². The van der Waals surface area contributed by atoms with Gasteiger partial charge in [-0.1, -0.05) is 0 Å². The van der Waals surface area contributed by atoms with Crippen LogP contribution in [0.15, 0.2) is 53.9 Å². The van der Waals surface area contributed by atoms with Crippen molar-refractivity contribution in [2.75, 3.05) is 24.7 Å². The van der Waals surface area contributed by atoms with Crippen molar-refractivity contribution in [2.24, 2.45) is 0 Å². The lowest BCUT2D eigenvalue weighted by atomic mass is 10.1. The molecule has 1 atom stereocenters. The van der Waals surface area contributed by atoms with E-state index in [0.717, 1.165) is 30.8 Å². The number of aromatic nitrogens is 5. The third-order valence-corrected chi connectivity index (χ3v) is 6.53. The second-order valence-corrected chi connectivity index (χ2v) is 8.89. The number of carbonyl (C=O) groups is 1. The Hall–Kier alpha value is -3.51. The van der Waals surface area contributed by atoms with Gasteiger partial charge in [-0.25, -0.2) is 9.50 Å². The van der Waals surface area contributed by atoms with Crippen LogP contribution in [0.25, 0.3) is 16.9 Å². The van der Waals surface area contributed by atoms with Gasteiger partial charge in [0.25, 0.3) is 5.91 Å². The van der Waals surface area contributed by atoms with Crippen LogP contribution in [0.3, 0.4) is 0 Å². The lowest BCUT2D eigenvalue weighted by molar-refractivity contribution is -0.0494. The van der Waals surface area contributed by atoms with Gasteiger partial charge in [-0.2, -0.15) is 19.0 Å². The molecule has 4 heterocycles. The van der Waals surface area contributed by atoms with Crippen LogP contribution in [0.1, 0.15) is 29.2 Å². The predicted molar refractivity (Wildman–Crippen MR) is 128 cm³/mol. The van der Waals surface area contributed by atoms with E-state index in [9.17, 15) is 13.6 Å². The van der Waals surface area contributed by atoms with Gasteiger partial charge < -0.3 is 15.4 Å². The number of nitrogens with zero attached hydrogens (tertiary/aromatic N) is 5. The number of benzene rings is 1. The summed E-state index contributed by atoms with van der Waals surface area (Å²) in [4.78, 5) is 18.3. The first-order valence-corrected chi connectivity index (χ1v) is 12.3. The van der Waals surface area contributed by atoms with Crippen molar-refractivity contribution in [3.05, 3.63) is 54.6 Å². The number of fused-ring (bicyclic) bond motifs is 1. The van der Waals surface area contributed by atoms with E-state index >= 15 is 0 Å². The highest BCUT2D eigenvalue weighted by Crippen LogP contribution is 2.38.